The van der Waals surface area contributed by atoms with Crippen LogP contribution < -0.4 is 4.90 Å². The molecule has 9 nitrogen and oxygen atoms in total. The molecule has 0 N–H and O–H groups in total. The number of likely N-dealkylation sites (tertiary alicyclic amines) is 1. The summed E-state index contributed by atoms with van der Waals surface area (Å²) in [4.78, 5) is 17.7. The van der Waals surface area contributed by atoms with Gasteiger partial charge in [0.25, 0.3) is 0 Å². The van der Waals surface area contributed by atoms with E-state index in [4.69, 9.17) is 0 Å². The maximum Gasteiger partial charge on any atom is 0.324 e. The van der Waals surface area contributed by atoms with Crippen molar-refractivity contribution in [1.29, 1.82) is 0 Å². The second-order valence-corrected chi connectivity index (χ2v) is 5.78. The van der Waals surface area contributed by atoms with Crippen LogP contribution in [0.15, 0.2) is 23.2 Å². The van der Waals surface area contributed by atoms with Crippen molar-refractivity contribution in [2.75, 3.05) is 38.1 Å². The molecule has 22 heavy (non-hydrogen) atoms. The molecule has 2 saturated heterocycles. The van der Waals surface area contributed by atoms with Crippen LogP contribution in [0.25, 0.3) is 0 Å². The van der Waals surface area contributed by atoms with Gasteiger partial charge in [0, 0.05) is 46.0 Å². The predicted octanol–water partition coefficient (Wildman–Crippen LogP) is 0.195. The summed E-state index contributed by atoms with van der Waals surface area (Å²) < 4.78 is 6.53. The molecule has 116 valence electrons. The van der Waals surface area contributed by atoms with Gasteiger partial charge in [0.1, 0.15) is 5.69 Å². The maximum atomic E-state index is 12.0. The lowest BCUT2D eigenvalue weighted by Gasteiger charge is -2.38. The van der Waals surface area contributed by atoms with Crippen LogP contribution in [0.1, 0.15) is 11.7 Å². The molecule has 0 spiro atoms. The highest BCUT2D eigenvalue weighted by Crippen LogP contribution is 2.25. The Labute approximate surface area is 127 Å². The molecular formula is C13H17N7O2. The number of urea groups is 1. The largest absolute Gasteiger partial charge is 0.326 e. The van der Waals surface area contributed by atoms with Gasteiger partial charge in [-0.15, -0.1) is 0 Å². The van der Waals surface area contributed by atoms with Crippen molar-refractivity contribution in [3.63, 3.8) is 0 Å². The van der Waals surface area contributed by atoms with Crippen molar-refractivity contribution in [1.82, 2.24) is 29.9 Å². The van der Waals surface area contributed by atoms with Crippen LogP contribution in [0.3, 0.4) is 0 Å². The van der Waals surface area contributed by atoms with Gasteiger partial charge in [0.05, 0.1) is 24.1 Å². The molecule has 0 unspecified atom stereocenters. The highest BCUT2D eigenvalue weighted by molar-refractivity contribution is 5.93. The third-order valence-electron chi connectivity index (χ3n) is 4.22. The first-order chi connectivity index (χ1) is 10.7. The second-order valence-electron chi connectivity index (χ2n) is 5.78. The fourth-order valence-corrected chi connectivity index (χ4v) is 2.88. The molecule has 0 atom stereocenters. The Balaban J connectivity index is 1.36. The lowest BCUT2D eigenvalue weighted by atomic mass is 10.1. The number of carbonyl (C=O) groups is 1. The molecule has 0 bridgehead atoms. The summed E-state index contributed by atoms with van der Waals surface area (Å²) in [5.74, 6) is 0. The SMILES string of the molecule is CN1CCN(c2cnn(C3CN(Cc4cnon4)C3)c2)C1=O. The third-order valence-corrected chi connectivity index (χ3v) is 4.22. The summed E-state index contributed by atoms with van der Waals surface area (Å²) in [6.45, 7) is 4.02. The molecule has 4 heterocycles. The lowest BCUT2D eigenvalue weighted by molar-refractivity contribution is 0.0882. The molecule has 0 radical (unpaired) electrons. The minimum Gasteiger partial charge on any atom is -0.326 e. The smallest absolute Gasteiger partial charge is 0.324 e. The van der Waals surface area contributed by atoms with E-state index in [-0.39, 0.29) is 6.03 Å². The fourth-order valence-electron chi connectivity index (χ4n) is 2.88. The number of anilines is 1. The van der Waals surface area contributed by atoms with Crippen LogP contribution in [-0.4, -0.2) is 69.2 Å². The van der Waals surface area contributed by atoms with Crippen LogP contribution >= 0.6 is 0 Å². The highest BCUT2D eigenvalue weighted by atomic mass is 16.6. The average molecular weight is 303 g/mol. The molecule has 2 fully saturated rings. The van der Waals surface area contributed by atoms with Gasteiger partial charge < -0.3 is 4.90 Å². The second kappa shape index (κ2) is 5.09. The molecule has 2 aliphatic heterocycles. The van der Waals surface area contributed by atoms with Crippen molar-refractivity contribution in [2.24, 2.45) is 0 Å². The standard InChI is InChI=1S/C13H17N7O2/c1-17-2-3-19(13(17)21)11-5-14-20(9-11)12-7-18(8-12)6-10-4-15-22-16-10/h4-5,9,12H,2-3,6-8H2,1H3. The minimum absolute atomic E-state index is 0.0355. The first kappa shape index (κ1) is 13.3. The quantitative estimate of drug-likeness (QED) is 0.802. The van der Waals surface area contributed by atoms with E-state index in [1.54, 1.807) is 22.2 Å². The summed E-state index contributed by atoms with van der Waals surface area (Å²) in [6.07, 6.45) is 5.35. The van der Waals surface area contributed by atoms with Gasteiger partial charge >= 0.3 is 6.03 Å². The summed E-state index contributed by atoms with van der Waals surface area (Å²) in [7, 11) is 1.81. The zero-order chi connectivity index (χ0) is 15.1. The molecule has 9 heteroatoms. The normalized spacial score (nSPS) is 20.0. The molecule has 2 amide bonds. The number of carbonyl (C=O) groups excluding carboxylic acids is 1. The molecule has 2 aromatic rings. The number of aromatic nitrogens is 4. The molecular weight excluding hydrogens is 286 g/mol. The molecule has 0 aromatic carbocycles. The van der Waals surface area contributed by atoms with Crippen molar-refractivity contribution < 1.29 is 9.42 Å². The van der Waals surface area contributed by atoms with Crippen LogP contribution in [0, 0.1) is 0 Å². The topological polar surface area (TPSA) is 83.5 Å². The fraction of sp³-hybridized carbons (Fsp3) is 0.538. The number of amides is 2. The van der Waals surface area contributed by atoms with Gasteiger partial charge in [-0.1, -0.05) is 10.3 Å². The first-order valence-corrected chi connectivity index (χ1v) is 7.26. The van der Waals surface area contributed by atoms with Gasteiger partial charge in [-0.2, -0.15) is 5.10 Å². The molecule has 2 aromatic heterocycles. The van der Waals surface area contributed by atoms with Crippen molar-refractivity contribution >= 4 is 11.7 Å². The Hall–Kier alpha value is -2.42. The van der Waals surface area contributed by atoms with E-state index >= 15 is 0 Å². The zero-order valence-electron chi connectivity index (χ0n) is 12.3. The number of nitrogens with zero attached hydrogens (tertiary/aromatic N) is 7. The third kappa shape index (κ3) is 2.23. The van der Waals surface area contributed by atoms with E-state index in [1.165, 1.54) is 0 Å². The zero-order valence-corrected chi connectivity index (χ0v) is 12.3. The van der Waals surface area contributed by atoms with E-state index in [9.17, 15) is 4.79 Å². The average Bonchev–Trinajstić information content (AvgIpc) is 3.18. The van der Waals surface area contributed by atoms with E-state index < -0.39 is 0 Å². The molecule has 4 rings (SSSR count). The van der Waals surface area contributed by atoms with Crippen LogP contribution in [0.2, 0.25) is 0 Å². The van der Waals surface area contributed by atoms with Gasteiger partial charge in [-0.3, -0.25) is 14.5 Å². The van der Waals surface area contributed by atoms with Gasteiger partial charge in [0.2, 0.25) is 0 Å². The molecule has 0 saturated carbocycles. The lowest BCUT2D eigenvalue weighted by Crippen LogP contribution is -2.47. The summed E-state index contributed by atoms with van der Waals surface area (Å²) >= 11 is 0. The Bertz CT molecular complexity index is 662. The van der Waals surface area contributed by atoms with Crippen LogP contribution in [0.5, 0.6) is 0 Å². The van der Waals surface area contributed by atoms with Crippen LogP contribution in [0.4, 0.5) is 10.5 Å². The first-order valence-electron chi connectivity index (χ1n) is 7.26. The monoisotopic (exact) mass is 303 g/mol. The summed E-state index contributed by atoms with van der Waals surface area (Å²) in [5, 5.41) is 11.8. The van der Waals surface area contributed by atoms with E-state index in [0.717, 1.165) is 44.1 Å². The summed E-state index contributed by atoms with van der Waals surface area (Å²) in [6, 6.07) is 0.373. The van der Waals surface area contributed by atoms with Gasteiger partial charge in [-0.25, -0.2) is 9.42 Å². The Morgan fingerprint density at radius 2 is 2.18 bits per heavy atom. The van der Waals surface area contributed by atoms with Gasteiger partial charge in [-0.05, 0) is 0 Å². The van der Waals surface area contributed by atoms with Crippen LogP contribution in [-0.2, 0) is 6.54 Å². The molecule has 0 aliphatic carbocycles. The number of hydrogen-bond donors (Lipinski definition) is 0. The van der Waals surface area contributed by atoms with E-state index in [0.29, 0.717) is 6.04 Å². The Morgan fingerprint density at radius 3 is 2.86 bits per heavy atom. The highest BCUT2D eigenvalue weighted by Gasteiger charge is 2.31. The maximum absolute atomic E-state index is 12.0. The number of likely N-dealkylation sites (N-methyl/N-ethyl adjacent to an activating group) is 1. The summed E-state index contributed by atoms with van der Waals surface area (Å²) in [5.41, 5.74) is 1.71. The van der Waals surface area contributed by atoms with E-state index in [1.807, 2.05) is 17.9 Å². The predicted molar refractivity (Wildman–Crippen MR) is 76.2 cm³/mol. The number of hydrogen-bond acceptors (Lipinski definition) is 6. The Morgan fingerprint density at radius 1 is 1.32 bits per heavy atom. The van der Waals surface area contributed by atoms with Gasteiger partial charge in [0.15, 0.2) is 0 Å². The van der Waals surface area contributed by atoms with Crippen molar-refractivity contribution in [2.45, 2.75) is 12.6 Å². The van der Waals surface area contributed by atoms with E-state index in [2.05, 4.69) is 24.9 Å². The Kier molecular flexibility index (Phi) is 3.07. The van der Waals surface area contributed by atoms with Crippen molar-refractivity contribution in [3.8, 4) is 0 Å². The molecule has 2 aliphatic rings. The van der Waals surface area contributed by atoms with Crippen molar-refractivity contribution in [3.05, 3.63) is 24.3 Å². The number of rotatable bonds is 4. The minimum atomic E-state index is 0.0355.